The Kier molecular flexibility index (Phi) is 4.19. The second-order valence-electron chi connectivity index (χ2n) is 4.94. The molecule has 20 heavy (non-hydrogen) atoms. The lowest BCUT2D eigenvalue weighted by atomic mass is 10.0. The fourth-order valence-electron chi connectivity index (χ4n) is 2.59. The van der Waals surface area contributed by atoms with Crippen LogP contribution in [0.4, 0.5) is 11.4 Å². The van der Waals surface area contributed by atoms with E-state index < -0.39 is 10.8 Å². The lowest BCUT2D eigenvalue weighted by Gasteiger charge is -2.36. The summed E-state index contributed by atoms with van der Waals surface area (Å²) in [5.41, 5.74) is 2.12. The Morgan fingerprint density at radius 1 is 1.50 bits per heavy atom. The first-order chi connectivity index (χ1) is 9.54. The van der Waals surface area contributed by atoms with Gasteiger partial charge in [-0.05, 0) is 32.3 Å². The molecule has 1 amide bonds. The van der Waals surface area contributed by atoms with Crippen LogP contribution in [-0.2, 0) is 0 Å². The molecule has 1 aliphatic heterocycles. The molecule has 2 N–H and O–H groups in total. The molecule has 1 aromatic rings. The van der Waals surface area contributed by atoms with Crippen molar-refractivity contribution in [3.8, 4) is 0 Å². The number of piperidine rings is 1. The number of carbonyl (C=O) groups is 1. The molecule has 1 aromatic carbocycles. The predicted molar refractivity (Wildman–Crippen MR) is 73.0 cm³/mol. The van der Waals surface area contributed by atoms with Gasteiger partial charge in [0.2, 0.25) is 0 Å². The molecule has 1 aliphatic rings. The van der Waals surface area contributed by atoms with Crippen molar-refractivity contribution in [2.75, 3.05) is 11.4 Å². The molecule has 1 heterocycles. The lowest BCUT2D eigenvalue weighted by Crippen LogP contribution is -2.39. The second-order valence-corrected chi connectivity index (χ2v) is 4.94. The molecule has 0 unspecified atom stereocenters. The maximum atomic E-state index is 11.7. The van der Waals surface area contributed by atoms with Gasteiger partial charge in [-0.3, -0.25) is 20.1 Å². The minimum absolute atomic E-state index is 0.121. The fraction of sp³-hybridized carbons (Fsp3) is 0.462. The number of carbonyl (C=O) groups excluding carboxylic acids is 1. The summed E-state index contributed by atoms with van der Waals surface area (Å²) >= 11 is 0. The van der Waals surface area contributed by atoms with E-state index in [0.29, 0.717) is 5.69 Å². The van der Waals surface area contributed by atoms with Gasteiger partial charge in [0.05, 0.1) is 16.2 Å². The minimum Gasteiger partial charge on any atom is -0.368 e. The van der Waals surface area contributed by atoms with Crippen LogP contribution in [0.25, 0.3) is 0 Å². The first kappa shape index (κ1) is 14.3. The van der Waals surface area contributed by atoms with Gasteiger partial charge in [0.15, 0.2) is 0 Å². The highest BCUT2D eigenvalue weighted by atomic mass is 16.6. The summed E-state index contributed by atoms with van der Waals surface area (Å²) in [5, 5.41) is 19.6. The van der Waals surface area contributed by atoms with Gasteiger partial charge in [-0.25, -0.2) is 5.48 Å². The summed E-state index contributed by atoms with van der Waals surface area (Å²) < 4.78 is 0. The molecule has 1 atom stereocenters. The van der Waals surface area contributed by atoms with Crippen LogP contribution < -0.4 is 10.4 Å². The summed E-state index contributed by atoms with van der Waals surface area (Å²) in [6.45, 7) is 2.85. The molecule has 0 saturated carbocycles. The standard InChI is InChI=1S/C13H17N3O4/c1-9-4-2-3-7-15(9)12-6-5-10(16(19)20)8-11(12)13(17)14-18/h5-6,8-9,18H,2-4,7H2,1H3,(H,14,17)/t9-/m0/s1. The highest BCUT2D eigenvalue weighted by molar-refractivity contribution is 6.00. The Hall–Kier alpha value is -2.15. The van der Waals surface area contributed by atoms with Crippen molar-refractivity contribution >= 4 is 17.3 Å². The first-order valence-corrected chi connectivity index (χ1v) is 6.54. The van der Waals surface area contributed by atoms with E-state index in [2.05, 4.69) is 11.8 Å². The predicted octanol–water partition coefficient (Wildman–Crippen LogP) is 2.09. The molecule has 7 heteroatoms. The van der Waals surface area contributed by atoms with Gasteiger partial charge in [0.25, 0.3) is 11.6 Å². The average Bonchev–Trinajstić information content (AvgIpc) is 2.46. The number of nitrogens with zero attached hydrogens (tertiary/aromatic N) is 2. The zero-order valence-corrected chi connectivity index (χ0v) is 11.2. The third kappa shape index (κ3) is 2.72. The molecule has 1 saturated heterocycles. The van der Waals surface area contributed by atoms with Crippen LogP contribution >= 0.6 is 0 Å². The number of amides is 1. The van der Waals surface area contributed by atoms with Gasteiger partial charge < -0.3 is 4.90 Å². The van der Waals surface area contributed by atoms with E-state index in [1.54, 1.807) is 11.5 Å². The van der Waals surface area contributed by atoms with Crippen molar-refractivity contribution in [3.63, 3.8) is 0 Å². The summed E-state index contributed by atoms with van der Waals surface area (Å²) in [5.74, 6) is -0.735. The number of benzene rings is 1. The molecule has 0 spiro atoms. The van der Waals surface area contributed by atoms with Crippen LogP contribution in [0.2, 0.25) is 0 Å². The molecule has 1 fully saturated rings. The van der Waals surface area contributed by atoms with E-state index >= 15 is 0 Å². The van der Waals surface area contributed by atoms with E-state index in [9.17, 15) is 14.9 Å². The summed E-state index contributed by atoms with van der Waals surface area (Å²) in [6.07, 6.45) is 3.16. The molecule has 0 bridgehead atoms. The van der Waals surface area contributed by atoms with E-state index in [0.717, 1.165) is 25.8 Å². The minimum atomic E-state index is -0.735. The molecule has 2 rings (SSSR count). The van der Waals surface area contributed by atoms with Crippen LogP contribution in [0.1, 0.15) is 36.5 Å². The van der Waals surface area contributed by atoms with Crippen LogP contribution in [0.15, 0.2) is 18.2 Å². The van der Waals surface area contributed by atoms with Crippen molar-refractivity contribution in [3.05, 3.63) is 33.9 Å². The van der Waals surface area contributed by atoms with Crippen molar-refractivity contribution in [2.24, 2.45) is 0 Å². The maximum absolute atomic E-state index is 11.7. The number of hydrogen-bond acceptors (Lipinski definition) is 5. The highest BCUT2D eigenvalue weighted by Gasteiger charge is 2.25. The van der Waals surface area contributed by atoms with Crippen LogP contribution in [0.3, 0.4) is 0 Å². The van der Waals surface area contributed by atoms with Gasteiger partial charge in [-0.1, -0.05) is 0 Å². The zero-order valence-electron chi connectivity index (χ0n) is 11.2. The van der Waals surface area contributed by atoms with Crippen molar-refractivity contribution in [1.29, 1.82) is 0 Å². The maximum Gasteiger partial charge on any atom is 0.276 e. The van der Waals surface area contributed by atoms with Crippen molar-refractivity contribution in [2.45, 2.75) is 32.2 Å². The molecule has 0 radical (unpaired) electrons. The Morgan fingerprint density at radius 3 is 2.85 bits per heavy atom. The van der Waals surface area contributed by atoms with Gasteiger partial charge in [0.1, 0.15) is 0 Å². The monoisotopic (exact) mass is 279 g/mol. The van der Waals surface area contributed by atoms with E-state index in [4.69, 9.17) is 5.21 Å². The fourth-order valence-corrected chi connectivity index (χ4v) is 2.59. The average molecular weight is 279 g/mol. The lowest BCUT2D eigenvalue weighted by molar-refractivity contribution is -0.384. The quantitative estimate of drug-likeness (QED) is 0.502. The van der Waals surface area contributed by atoms with Gasteiger partial charge in [0, 0.05) is 24.7 Å². The van der Waals surface area contributed by atoms with Crippen LogP contribution in [0, 0.1) is 10.1 Å². The van der Waals surface area contributed by atoms with Crippen molar-refractivity contribution < 1.29 is 14.9 Å². The van der Waals surface area contributed by atoms with Gasteiger partial charge in [-0.2, -0.15) is 0 Å². The topological polar surface area (TPSA) is 95.7 Å². The molecule has 7 nitrogen and oxygen atoms in total. The number of hydroxylamine groups is 1. The van der Waals surface area contributed by atoms with E-state index in [-0.39, 0.29) is 17.3 Å². The highest BCUT2D eigenvalue weighted by Crippen LogP contribution is 2.30. The Morgan fingerprint density at radius 2 is 2.25 bits per heavy atom. The number of hydrogen-bond donors (Lipinski definition) is 2. The molecular formula is C13H17N3O4. The Labute approximate surface area is 116 Å². The summed E-state index contributed by atoms with van der Waals surface area (Å²) in [6, 6.07) is 4.41. The largest absolute Gasteiger partial charge is 0.368 e. The SMILES string of the molecule is C[C@H]1CCCCN1c1ccc([N+](=O)[O-])cc1C(=O)NO. The zero-order chi connectivity index (χ0) is 14.7. The number of non-ortho nitro benzene ring substituents is 1. The van der Waals surface area contributed by atoms with Crippen LogP contribution in [-0.4, -0.2) is 28.6 Å². The third-order valence-electron chi connectivity index (χ3n) is 3.65. The van der Waals surface area contributed by atoms with E-state index in [1.165, 1.54) is 12.1 Å². The Bertz CT molecular complexity index is 532. The number of rotatable bonds is 3. The van der Waals surface area contributed by atoms with Gasteiger partial charge in [-0.15, -0.1) is 0 Å². The van der Waals surface area contributed by atoms with Crippen LogP contribution in [0.5, 0.6) is 0 Å². The van der Waals surface area contributed by atoms with Crippen molar-refractivity contribution in [1.82, 2.24) is 5.48 Å². The number of nitrogens with one attached hydrogen (secondary N) is 1. The Balaban J connectivity index is 2.45. The normalized spacial score (nSPS) is 18.7. The number of anilines is 1. The number of nitro benzene ring substituents is 1. The second kappa shape index (κ2) is 5.87. The molecule has 108 valence electrons. The molecule has 0 aliphatic carbocycles. The molecular weight excluding hydrogens is 262 g/mol. The molecule has 0 aromatic heterocycles. The van der Waals surface area contributed by atoms with E-state index in [1.807, 2.05) is 0 Å². The summed E-state index contributed by atoms with van der Waals surface area (Å²) in [7, 11) is 0. The first-order valence-electron chi connectivity index (χ1n) is 6.54. The third-order valence-corrected chi connectivity index (χ3v) is 3.65. The van der Waals surface area contributed by atoms with Gasteiger partial charge >= 0.3 is 0 Å². The summed E-state index contributed by atoms with van der Waals surface area (Å²) in [4.78, 5) is 24.1. The number of nitro groups is 1. The smallest absolute Gasteiger partial charge is 0.276 e.